The van der Waals surface area contributed by atoms with Gasteiger partial charge in [0.05, 0.1) is 17.9 Å². The zero-order valence-corrected chi connectivity index (χ0v) is 16.6. The summed E-state index contributed by atoms with van der Waals surface area (Å²) in [6.45, 7) is 5.71. The van der Waals surface area contributed by atoms with Crippen LogP contribution < -0.4 is 10.5 Å². The van der Waals surface area contributed by atoms with Gasteiger partial charge >= 0.3 is 0 Å². The fourth-order valence-corrected chi connectivity index (χ4v) is 5.67. The largest absolute Gasteiger partial charge is 0.346 e. The van der Waals surface area contributed by atoms with Gasteiger partial charge in [0.1, 0.15) is 0 Å². The van der Waals surface area contributed by atoms with Gasteiger partial charge in [0.25, 0.3) is 5.56 Å². The SMILES string of the molecule is O=c1cc2c(nn1CCN1CCN(c3nc4c(s3)CCC4)CC1)CCCC2. The second kappa shape index (κ2) is 7.36. The monoisotopic (exact) mass is 385 g/mol. The lowest BCUT2D eigenvalue weighted by Gasteiger charge is -2.34. The number of hydrogen-bond donors (Lipinski definition) is 0. The molecule has 0 saturated carbocycles. The number of fused-ring (bicyclic) bond motifs is 2. The lowest BCUT2D eigenvalue weighted by Crippen LogP contribution is -2.47. The number of thiazole rings is 1. The van der Waals surface area contributed by atoms with Crippen molar-refractivity contribution in [3.63, 3.8) is 0 Å². The third-order valence-corrected chi connectivity index (χ3v) is 7.35. The summed E-state index contributed by atoms with van der Waals surface area (Å²) in [5, 5.41) is 5.86. The van der Waals surface area contributed by atoms with Gasteiger partial charge in [-0.05, 0) is 50.5 Å². The molecule has 27 heavy (non-hydrogen) atoms. The molecule has 144 valence electrons. The van der Waals surface area contributed by atoms with Gasteiger partial charge in [0.2, 0.25) is 0 Å². The van der Waals surface area contributed by atoms with Gasteiger partial charge in [0, 0.05) is 43.7 Å². The number of aromatic nitrogens is 3. The Morgan fingerprint density at radius 1 is 0.926 bits per heavy atom. The van der Waals surface area contributed by atoms with E-state index in [1.54, 1.807) is 4.68 Å². The molecule has 2 aliphatic carbocycles. The summed E-state index contributed by atoms with van der Waals surface area (Å²) >= 11 is 1.90. The number of hydrogen-bond acceptors (Lipinski definition) is 6. The van der Waals surface area contributed by atoms with Gasteiger partial charge in [-0.2, -0.15) is 5.10 Å². The van der Waals surface area contributed by atoms with Crippen LogP contribution in [0.1, 0.15) is 41.1 Å². The average molecular weight is 386 g/mol. The van der Waals surface area contributed by atoms with E-state index < -0.39 is 0 Å². The Morgan fingerprint density at radius 2 is 1.74 bits per heavy atom. The number of nitrogens with zero attached hydrogens (tertiary/aromatic N) is 5. The molecule has 1 fully saturated rings. The second-order valence-electron chi connectivity index (χ2n) is 7.93. The van der Waals surface area contributed by atoms with Crippen molar-refractivity contribution >= 4 is 16.5 Å². The zero-order valence-electron chi connectivity index (χ0n) is 15.8. The van der Waals surface area contributed by atoms with E-state index in [4.69, 9.17) is 4.98 Å². The Hall–Kier alpha value is -1.73. The molecule has 6 nitrogen and oxygen atoms in total. The highest BCUT2D eigenvalue weighted by Gasteiger charge is 2.23. The molecule has 0 aromatic carbocycles. The molecule has 2 aromatic heterocycles. The minimum Gasteiger partial charge on any atom is -0.346 e. The Kier molecular flexibility index (Phi) is 4.73. The van der Waals surface area contributed by atoms with E-state index in [1.807, 2.05) is 17.4 Å². The smallest absolute Gasteiger partial charge is 0.267 e. The van der Waals surface area contributed by atoms with Crippen molar-refractivity contribution in [3.05, 3.63) is 38.2 Å². The zero-order chi connectivity index (χ0) is 18.2. The summed E-state index contributed by atoms with van der Waals surface area (Å²) in [6.07, 6.45) is 8.07. The van der Waals surface area contributed by atoms with Crippen LogP contribution in [-0.4, -0.2) is 52.4 Å². The first-order valence-electron chi connectivity index (χ1n) is 10.3. The van der Waals surface area contributed by atoms with Crippen LogP contribution in [0.25, 0.3) is 0 Å². The highest BCUT2D eigenvalue weighted by Crippen LogP contribution is 2.32. The molecule has 1 aliphatic heterocycles. The van der Waals surface area contributed by atoms with E-state index >= 15 is 0 Å². The molecule has 0 N–H and O–H groups in total. The van der Waals surface area contributed by atoms with Crippen LogP contribution in [0.2, 0.25) is 0 Å². The van der Waals surface area contributed by atoms with Gasteiger partial charge < -0.3 is 4.90 Å². The molecule has 2 aromatic rings. The molecule has 0 radical (unpaired) electrons. The molecular weight excluding hydrogens is 358 g/mol. The van der Waals surface area contributed by atoms with Crippen molar-refractivity contribution in [3.8, 4) is 0 Å². The molecule has 0 atom stereocenters. The second-order valence-corrected chi connectivity index (χ2v) is 9.00. The van der Waals surface area contributed by atoms with Crippen molar-refractivity contribution in [1.29, 1.82) is 0 Å². The number of aryl methyl sites for hydroxylation is 4. The minimum absolute atomic E-state index is 0.0617. The predicted molar refractivity (Wildman–Crippen MR) is 108 cm³/mol. The van der Waals surface area contributed by atoms with Crippen LogP contribution >= 0.6 is 11.3 Å². The van der Waals surface area contributed by atoms with Crippen molar-refractivity contribution in [1.82, 2.24) is 19.7 Å². The third-order valence-electron chi connectivity index (χ3n) is 6.13. The number of piperazine rings is 1. The summed E-state index contributed by atoms with van der Waals surface area (Å²) in [7, 11) is 0. The lowest BCUT2D eigenvalue weighted by molar-refractivity contribution is 0.242. The molecule has 5 rings (SSSR count). The normalized spacial score (nSPS) is 19.9. The van der Waals surface area contributed by atoms with Crippen LogP contribution in [0.4, 0.5) is 5.13 Å². The topological polar surface area (TPSA) is 54.3 Å². The number of anilines is 1. The maximum atomic E-state index is 12.3. The molecule has 1 saturated heterocycles. The van der Waals surface area contributed by atoms with Gasteiger partial charge in [-0.1, -0.05) is 0 Å². The van der Waals surface area contributed by atoms with Crippen LogP contribution in [0.15, 0.2) is 10.9 Å². The first-order chi connectivity index (χ1) is 13.3. The van der Waals surface area contributed by atoms with Crippen LogP contribution in [-0.2, 0) is 32.2 Å². The fourth-order valence-electron chi connectivity index (χ4n) is 4.47. The molecule has 0 amide bonds. The molecular formula is C20H27N5OS. The van der Waals surface area contributed by atoms with Crippen molar-refractivity contribution < 1.29 is 0 Å². The van der Waals surface area contributed by atoms with E-state index in [-0.39, 0.29) is 5.56 Å². The van der Waals surface area contributed by atoms with E-state index in [0.717, 1.165) is 57.7 Å². The van der Waals surface area contributed by atoms with Crippen LogP contribution in [0.5, 0.6) is 0 Å². The third kappa shape index (κ3) is 3.55. The van der Waals surface area contributed by atoms with E-state index in [9.17, 15) is 4.79 Å². The predicted octanol–water partition coefficient (Wildman–Crippen LogP) is 1.89. The maximum Gasteiger partial charge on any atom is 0.267 e. The Morgan fingerprint density at radius 3 is 2.59 bits per heavy atom. The van der Waals surface area contributed by atoms with Gasteiger partial charge in [-0.3, -0.25) is 9.69 Å². The first kappa shape index (κ1) is 17.4. The van der Waals surface area contributed by atoms with Crippen LogP contribution in [0, 0.1) is 0 Å². The average Bonchev–Trinajstić information content (AvgIpc) is 3.29. The molecule has 3 aliphatic rings. The van der Waals surface area contributed by atoms with Gasteiger partial charge in [0.15, 0.2) is 5.13 Å². The van der Waals surface area contributed by atoms with Gasteiger partial charge in [-0.15, -0.1) is 11.3 Å². The molecule has 7 heteroatoms. The maximum absolute atomic E-state index is 12.3. The quantitative estimate of drug-likeness (QED) is 0.805. The van der Waals surface area contributed by atoms with Gasteiger partial charge in [-0.25, -0.2) is 9.67 Å². The van der Waals surface area contributed by atoms with Crippen molar-refractivity contribution in [2.45, 2.75) is 51.5 Å². The summed E-state index contributed by atoms with van der Waals surface area (Å²) in [5.74, 6) is 0. The minimum atomic E-state index is 0.0617. The van der Waals surface area contributed by atoms with Crippen molar-refractivity contribution in [2.24, 2.45) is 0 Å². The Bertz CT molecular complexity index is 859. The Labute approximate surface area is 163 Å². The summed E-state index contributed by atoms with van der Waals surface area (Å²) in [6, 6.07) is 1.82. The highest BCUT2D eigenvalue weighted by molar-refractivity contribution is 7.15. The van der Waals surface area contributed by atoms with Crippen LogP contribution in [0.3, 0.4) is 0 Å². The summed E-state index contributed by atoms with van der Waals surface area (Å²) in [5.41, 5.74) is 3.72. The first-order valence-corrected chi connectivity index (χ1v) is 11.1. The van der Waals surface area contributed by atoms with Crippen molar-refractivity contribution in [2.75, 3.05) is 37.6 Å². The van der Waals surface area contributed by atoms with E-state index in [0.29, 0.717) is 6.54 Å². The molecule has 0 unspecified atom stereocenters. The summed E-state index contributed by atoms with van der Waals surface area (Å²) < 4.78 is 1.68. The fraction of sp³-hybridized carbons (Fsp3) is 0.650. The molecule has 0 spiro atoms. The lowest BCUT2D eigenvalue weighted by atomic mass is 9.97. The Balaban J connectivity index is 1.17. The molecule has 3 heterocycles. The molecule has 0 bridgehead atoms. The van der Waals surface area contributed by atoms with E-state index in [1.165, 1.54) is 46.9 Å². The number of rotatable bonds is 4. The summed E-state index contributed by atoms with van der Waals surface area (Å²) in [4.78, 5) is 23.6. The highest BCUT2D eigenvalue weighted by atomic mass is 32.1. The van der Waals surface area contributed by atoms with E-state index in [2.05, 4.69) is 14.9 Å². The standard InChI is InChI=1S/C20H27N5OS/c26-19-14-15-4-1-2-5-16(15)22-25(19)13-10-23-8-11-24(12-9-23)20-21-17-6-3-7-18(17)27-20/h14H,1-13H2.